The summed E-state index contributed by atoms with van der Waals surface area (Å²) in [6.45, 7) is 5.13. The third kappa shape index (κ3) is 3.64. The quantitative estimate of drug-likeness (QED) is 0.619. The van der Waals surface area contributed by atoms with Gasteiger partial charge < -0.3 is 5.11 Å². The zero-order valence-corrected chi connectivity index (χ0v) is 13.2. The lowest BCUT2D eigenvalue weighted by molar-refractivity contribution is 0.277. The van der Waals surface area contributed by atoms with E-state index < -0.39 is 0 Å². The largest absolute Gasteiger partial charge is 0.396 e. The van der Waals surface area contributed by atoms with Gasteiger partial charge in [-0.3, -0.25) is 4.57 Å². The summed E-state index contributed by atoms with van der Waals surface area (Å²) in [4.78, 5) is 16.4. The highest BCUT2D eigenvalue weighted by Crippen LogP contribution is 2.29. The van der Waals surface area contributed by atoms with Crippen LogP contribution in [0.15, 0.2) is 9.82 Å². The minimum atomic E-state index is -0.147. The summed E-state index contributed by atoms with van der Waals surface area (Å²) in [5.74, 6) is 1.71. The number of hydrogen-bond donors (Lipinski definition) is 1. The molecule has 1 aromatic heterocycles. The fourth-order valence-corrected chi connectivity index (χ4v) is 3.88. The molecule has 1 aromatic rings. The third-order valence-corrected chi connectivity index (χ3v) is 4.73. The van der Waals surface area contributed by atoms with Crippen LogP contribution in [0.4, 0.5) is 0 Å². The van der Waals surface area contributed by atoms with E-state index in [-0.39, 0.29) is 12.3 Å². The van der Waals surface area contributed by atoms with E-state index in [4.69, 9.17) is 5.11 Å². The SMILES string of the molecule is CC(C)CCSc1nc(=O)n(CCCO)c2c1CCC2. The summed E-state index contributed by atoms with van der Waals surface area (Å²) in [6, 6.07) is 0. The molecule has 0 spiro atoms. The zero-order valence-electron chi connectivity index (χ0n) is 12.4. The first-order valence-corrected chi connectivity index (χ1v) is 8.48. The van der Waals surface area contributed by atoms with Gasteiger partial charge in [-0.05, 0) is 43.8 Å². The smallest absolute Gasteiger partial charge is 0.348 e. The molecule has 0 unspecified atom stereocenters. The van der Waals surface area contributed by atoms with Crippen LogP contribution in [0.5, 0.6) is 0 Å². The van der Waals surface area contributed by atoms with Crippen LogP contribution in [0.2, 0.25) is 0 Å². The fourth-order valence-electron chi connectivity index (χ4n) is 2.56. The van der Waals surface area contributed by atoms with E-state index in [1.807, 2.05) is 0 Å². The van der Waals surface area contributed by atoms with Crippen molar-refractivity contribution in [3.8, 4) is 0 Å². The van der Waals surface area contributed by atoms with Crippen molar-refractivity contribution in [2.24, 2.45) is 5.92 Å². The number of hydrogen-bond acceptors (Lipinski definition) is 4. The van der Waals surface area contributed by atoms with Crippen LogP contribution in [0, 0.1) is 5.92 Å². The van der Waals surface area contributed by atoms with Crippen LogP contribution >= 0.6 is 11.8 Å². The maximum absolute atomic E-state index is 12.2. The molecular formula is C15H24N2O2S. The maximum Gasteiger partial charge on any atom is 0.348 e. The summed E-state index contributed by atoms with van der Waals surface area (Å²) in [7, 11) is 0. The molecule has 0 saturated heterocycles. The van der Waals surface area contributed by atoms with Gasteiger partial charge in [0.1, 0.15) is 5.03 Å². The average molecular weight is 296 g/mol. The number of fused-ring (bicyclic) bond motifs is 1. The van der Waals surface area contributed by atoms with Crippen LogP contribution < -0.4 is 5.69 Å². The Balaban J connectivity index is 2.20. The van der Waals surface area contributed by atoms with Crippen molar-refractivity contribution in [3.05, 3.63) is 21.7 Å². The van der Waals surface area contributed by atoms with E-state index in [0.717, 1.165) is 42.2 Å². The van der Waals surface area contributed by atoms with Crippen LogP contribution in [-0.4, -0.2) is 27.0 Å². The first-order chi connectivity index (χ1) is 9.63. The summed E-state index contributed by atoms with van der Waals surface area (Å²) >= 11 is 1.73. The summed E-state index contributed by atoms with van der Waals surface area (Å²) in [5.41, 5.74) is 2.29. The lowest BCUT2D eigenvalue weighted by atomic mass is 10.2. The van der Waals surface area contributed by atoms with Gasteiger partial charge in [0, 0.05) is 24.4 Å². The van der Waals surface area contributed by atoms with E-state index in [1.54, 1.807) is 16.3 Å². The number of aliphatic hydroxyl groups is 1. The second-order valence-electron chi connectivity index (χ2n) is 5.74. The van der Waals surface area contributed by atoms with Gasteiger partial charge in [0.15, 0.2) is 0 Å². The molecule has 20 heavy (non-hydrogen) atoms. The maximum atomic E-state index is 12.2. The molecule has 1 aliphatic carbocycles. The Morgan fingerprint density at radius 3 is 2.90 bits per heavy atom. The number of thioether (sulfide) groups is 1. The number of rotatable bonds is 7. The first-order valence-electron chi connectivity index (χ1n) is 7.49. The summed E-state index contributed by atoms with van der Waals surface area (Å²) in [6.07, 6.45) is 4.88. The number of aromatic nitrogens is 2. The lowest BCUT2D eigenvalue weighted by Crippen LogP contribution is -2.27. The van der Waals surface area contributed by atoms with E-state index in [9.17, 15) is 4.79 Å². The van der Waals surface area contributed by atoms with Crippen molar-refractivity contribution in [3.63, 3.8) is 0 Å². The van der Waals surface area contributed by atoms with Crippen molar-refractivity contribution in [1.82, 2.24) is 9.55 Å². The average Bonchev–Trinajstić information content (AvgIpc) is 2.87. The summed E-state index contributed by atoms with van der Waals surface area (Å²) in [5, 5.41) is 9.90. The van der Waals surface area contributed by atoms with E-state index in [2.05, 4.69) is 18.8 Å². The second-order valence-corrected chi connectivity index (χ2v) is 6.82. The van der Waals surface area contributed by atoms with Gasteiger partial charge >= 0.3 is 5.69 Å². The molecule has 1 aliphatic rings. The van der Waals surface area contributed by atoms with E-state index >= 15 is 0 Å². The molecule has 0 fully saturated rings. The van der Waals surface area contributed by atoms with Gasteiger partial charge in [0.25, 0.3) is 0 Å². The highest BCUT2D eigenvalue weighted by atomic mass is 32.2. The van der Waals surface area contributed by atoms with Gasteiger partial charge in [-0.15, -0.1) is 11.8 Å². The Morgan fingerprint density at radius 1 is 1.40 bits per heavy atom. The van der Waals surface area contributed by atoms with Gasteiger partial charge in [-0.25, -0.2) is 4.79 Å². The zero-order chi connectivity index (χ0) is 14.5. The molecule has 1 heterocycles. The molecular weight excluding hydrogens is 272 g/mol. The van der Waals surface area contributed by atoms with Crippen molar-refractivity contribution in [2.45, 2.75) is 57.5 Å². The third-order valence-electron chi connectivity index (χ3n) is 3.67. The molecule has 1 N–H and O–H groups in total. The Labute approximate surface area is 124 Å². The standard InChI is InChI=1S/C15H24N2O2S/c1-11(2)7-10-20-14-12-5-3-6-13(12)17(8-4-9-18)15(19)16-14/h11,18H,3-10H2,1-2H3. The highest BCUT2D eigenvalue weighted by Gasteiger charge is 2.21. The van der Waals surface area contributed by atoms with Crippen LogP contribution in [0.1, 0.15) is 44.4 Å². The van der Waals surface area contributed by atoms with Crippen LogP contribution in [0.25, 0.3) is 0 Å². The van der Waals surface area contributed by atoms with Gasteiger partial charge in [0.05, 0.1) is 0 Å². The topological polar surface area (TPSA) is 55.1 Å². The Bertz CT molecular complexity index is 511. The predicted octanol–water partition coefficient (Wildman–Crippen LogP) is 2.25. The molecule has 0 saturated carbocycles. The monoisotopic (exact) mass is 296 g/mol. The molecule has 5 heteroatoms. The Morgan fingerprint density at radius 2 is 2.20 bits per heavy atom. The van der Waals surface area contributed by atoms with Crippen molar-refractivity contribution in [2.75, 3.05) is 12.4 Å². The molecule has 0 radical (unpaired) electrons. The second kappa shape index (κ2) is 7.27. The van der Waals surface area contributed by atoms with E-state index in [1.165, 1.54) is 5.56 Å². The number of aliphatic hydroxyl groups excluding tert-OH is 1. The molecule has 0 aromatic carbocycles. The van der Waals surface area contributed by atoms with Crippen LogP contribution in [0.3, 0.4) is 0 Å². The fraction of sp³-hybridized carbons (Fsp3) is 0.733. The highest BCUT2D eigenvalue weighted by molar-refractivity contribution is 7.99. The number of nitrogens with zero attached hydrogens (tertiary/aromatic N) is 2. The normalized spacial score (nSPS) is 14.0. The van der Waals surface area contributed by atoms with Crippen molar-refractivity contribution in [1.29, 1.82) is 0 Å². The Kier molecular flexibility index (Phi) is 5.66. The molecule has 0 aliphatic heterocycles. The molecule has 0 bridgehead atoms. The molecule has 112 valence electrons. The molecule has 0 atom stereocenters. The van der Waals surface area contributed by atoms with Crippen LogP contribution in [-0.2, 0) is 19.4 Å². The first kappa shape index (κ1) is 15.6. The van der Waals surface area contributed by atoms with Gasteiger partial charge in [-0.1, -0.05) is 13.8 Å². The van der Waals surface area contributed by atoms with Crippen molar-refractivity contribution < 1.29 is 5.11 Å². The molecule has 4 nitrogen and oxygen atoms in total. The van der Waals surface area contributed by atoms with Gasteiger partial charge in [0.2, 0.25) is 0 Å². The predicted molar refractivity (Wildman–Crippen MR) is 82.4 cm³/mol. The van der Waals surface area contributed by atoms with Gasteiger partial charge in [-0.2, -0.15) is 4.98 Å². The molecule has 2 rings (SSSR count). The van der Waals surface area contributed by atoms with E-state index in [0.29, 0.717) is 18.9 Å². The minimum absolute atomic E-state index is 0.117. The lowest BCUT2D eigenvalue weighted by Gasteiger charge is -2.14. The summed E-state index contributed by atoms with van der Waals surface area (Å²) < 4.78 is 1.77. The van der Waals surface area contributed by atoms with Crippen molar-refractivity contribution >= 4 is 11.8 Å². The minimum Gasteiger partial charge on any atom is -0.396 e. The molecule has 0 amide bonds. The Hall–Kier alpha value is -0.810.